The fraction of sp³-hybridized carbons (Fsp3) is 0.375. The van der Waals surface area contributed by atoms with Crippen molar-refractivity contribution in [1.29, 1.82) is 0 Å². The van der Waals surface area contributed by atoms with E-state index in [4.69, 9.17) is 9.84 Å². The summed E-state index contributed by atoms with van der Waals surface area (Å²) in [7, 11) is 0. The zero-order valence-corrected chi connectivity index (χ0v) is 8.40. The molecular weight excluding hydrogens is 234 g/mol. The molecule has 0 aromatic carbocycles. The number of rotatable bonds is 2. The molecule has 0 fully saturated rings. The molecule has 0 amide bonds. The summed E-state index contributed by atoms with van der Waals surface area (Å²) >= 11 is 0. The van der Waals surface area contributed by atoms with Crippen molar-refractivity contribution in [2.45, 2.75) is 12.3 Å². The number of hydrogen-bond acceptors (Lipinski definition) is 7. The molecule has 2 atom stereocenters. The van der Waals surface area contributed by atoms with Gasteiger partial charge in [0.1, 0.15) is 12.3 Å². The molecule has 17 heavy (non-hydrogen) atoms. The van der Waals surface area contributed by atoms with E-state index in [0.29, 0.717) is 4.68 Å². The summed E-state index contributed by atoms with van der Waals surface area (Å²) in [5.41, 5.74) is -1.60. The van der Waals surface area contributed by atoms with Gasteiger partial charge in [-0.2, -0.15) is 9.78 Å². The van der Waals surface area contributed by atoms with E-state index < -0.39 is 41.7 Å². The molecule has 2 rings (SSSR count). The molecule has 0 radical (unpaired) electrons. The van der Waals surface area contributed by atoms with Crippen molar-refractivity contribution in [2.75, 3.05) is 6.61 Å². The highest BCUT2D eigenvalue weighted by atomic mass is 16.6. The van der Waals surface area contributed by atoms with Crippen LogP contribution in [0.25, 0.3) is 0 Å². The van der Waals surface area contributed by atoms with E-state index in [-0.39, 0.29) is 0 Å². The summed E-state index contributed by atoms with van der Waals surface area (Å²) in [5.74, 6) is -1.21. The minimum Gasteiger partial charge on any atom is -0.506 e. The van der Waals surface area contributed by atoms with Gasteiger partial charge in [-0.05, 0) is 0 Å². The Morgan fingerprint density at radius 1 is 1.41 bits per heavy atom. The van der Waals surface area contributed by atoms with Crippen molar-refractivity contribution in [3.8, 4) is 0 Å². The predicted octanol–water partition coefficient (Wildman–Crippen LogP) is -1.85. The number of nitrogens with zero attached hydrogens (tertiary/aromatic N) is 2. The molecule has 0 unspecified atom stereocenters. The summed E-state index contributed by atoms with van der Waals surface area (Å²) in [6.45, 7) is -0.565. The standard InChI is InChI=1S/C8H9N3O6/c12-2-3-5(14)6(15)7(17-3)11-8(16)10-4(13)1-9-11/h1,3,7,12,14-15H,2H2,(H,10,13,16)/t3-,7-/m1/s1. The average molecular weight is 243 g/mol. The predicted molar refractivity (Wildman–Crippen MR) is 52.4 cm³/mol. The van der Waals surface area contributed by atoms with Gasteiger partial charge in [0.05, 0.1) is 6.61 Å². The Morgan fingerprint density at radius 3 is 2.65 bits per heavy atom. The van der Waals surface area contributed by atoms with Gasteiger partial charge in [-0.25, -0.2) is 4.79 Å². The Balaban J connectivity index is 2.44. The van der Waals surface area contributed by atoms with Crippen LogP contribution in [0.3, 0.4) is 0 Å². The van der Waals surface area contributed by atoms with Gasteiger partial charge in [0, 0.05) is 0 Å². The summed E-state index contributed by atoms with van der Waals surface area (Å²) < 4.78 is 5.64. The molecule has 92 valence electrons. The first-order chi connectivity index (χ1) is 8.04. The number of nitrogens with one attached hydrogen (secondary N) is 1. The van der Waals surface area contributed by atoms with E-state index in [9.17, 15) is 19.8 Å². The third-order valence-corrected chi connectivity index (χ3v) is 2.22. The first-order valence-corrected chi connectivity index (χ1v) is 4.61. The topological polar surface area (TPSA) is 138 Å². The highest BCUT2D eigenvalue weighted by molar-refractivity contribution is 5.13. The number of hydrogen-bond donors (Lipinski definition) is 4. The molecule has 0 saturated carbocycles. The van der Waals surface area contributed by atoms with Crippen molar-refractivity contribution in [1.82, 2.24) is 14.8 Å². The molecule has 0 saturated heterocycles. The SMILES string of the molecule is O=c1cnn([C@@H]2O[C@H](CO)C(O)=C2O)c(=O)[nH]1. The Bertz CT molecular complexity index is 573. The number of H-pyrrole nitrogens is 1. The van der Waals surface area contributed by atoms with Crippen LogP contribution in [0.4, 0.5) is 0 Å². The van der Waals surface area contributed by atoms with Gasteiger partial charge < -0.3 is 20.1 Å². The minimum absolute atomic E-state index is 0.565. The largest absolute Gasteiger partial charge is 0.506 e. The molecule has 4 N–H and O–H groups in total. The Kier molecular flexibility index (Phi) is 2.69. The number of aromatic nitrogens is 3. The maximum Gasteiger partial charge on any atom is 0.347 e. The smallest absolute Gasteiger partial charge is 0.347 e. The maximum absolute atomic E-state index is 11.4. The van der Waals surface area contributed by atoms with E-state index in [0.717, 1.165) is 6.20 Å². The van der Waals surface area contributed by atoms with E-state index in [1.165, 1.54) is 0 Å². The van der Waals surface area contributed by atoms with E-state index >= 15 is 0 Å². The lowest BCUT2D eigenvalue weighted by molar-refractivity contribution is -0.0432. The average Bonchev–Trinajstić information content (AvgIpc) is 2.57. The van der Waals surface area contributed by atoms with Gasteiger partial charge in [0.2, 0.25) is 6.23 Å². The van der Waals surface area contributed by atoms with Gasteiger partial charge >= 0.3 is 5.69 Å². The van der Waals surface area contributed by atoms with Gasteiger partial charge in [-0.15, -0.1) is 0 Å². The Labute approximate surface area is 93.2 Å². The number of aliphatic hydroxyl groups is 3. The molecule has 1 aliphatic heterocycles. The molecule has 9 nitrogen and oxygen atoms in total. The molecule has 1 aliphatic rings. The third kappa shape index (κ3) is 1.81. The summed E-state index contributed by atoms with van der Waals surface area (Å²) in [6.07, 6.45) is -1.67. The quantitative estimate of drug-likeness (QED) is 0.478. The van der Waals surface area contributed by atoms with Crippen LogP contribution in [0, 0.1) is 0 Å². The van der Waals surface area contributed by atoms with Crippen molar-refractivity contribution < 1.29 is 20.1 Å². The van der Waals surface area contributed by atoms with E-state index in [2.05, 4.69) is 5.10 Å². The van der Waals surface area contributed by atoms with Gasteiger partial charge in [0.15, 0.2) is 11.5 Å². The van der Waals surface area contributed by atoms with E-state index in [1.54, 1.807) is 0 Å². The second kappa shape index (κ2) is 4.03. The maximum atomic E-state index is 11.4. The van der Waals surface area contributed by atoms with Gasteiger partial charge in [-0.3, -0.25) is 9.78 Å². The monoisotopic (exact) mass is 243 g/mol. The van der Waals surface area contributed by atoms with Crippen LogP contribution in [0.2, 0.25) is 0 Å². The van der Waals surface area contributed by atoms with Crippen molar-refractivity contribution in [3.05, 3.63) is 38.6 Å². The second-order valence-electron chi connectivity index (χ2n) is 3.31. The van der Waals surface area contributed by atoms with Crippen LogP contribution >= 0.6 is 0 Å². The van der Waals surface area contributed by atoms with Crippen LogP contribution in [0.15, 0.2) is 27.3 Å². The summed E-state index contributed by atoms with van der Waals surface area (Å²) in [4.78, 5) is 24.1. The lowest BCUT2D eigenvalue weighted by Gasteiger charge is -2.13. The lowest BCUT2D eigenvalue weighted by atomic mass is 10.3. The fourth-order valence-corrected chi connectivity index (χ4v) is 1.41. The minimum atomic E-state index is -1.36. The van der Waals surface area contributed by atoms with Crippen LogP contribution in [-0.4, -0.2) is 42.8 Å². The zero-order chi connectivity index (χ0) is 12.6. The molecular formula is C8H9N3O6. The second-order valence-corrected chi connectivity index (χ2v) is 3.31. The zero-order valence-electron chi connectivity index (χ0n) is 8.40. The highest BCUT2D eigenvalue weighted by Gasteiger charge is 2.37. The Hall–Kier alpha value is -2.13. The number of aromatic amines is 1. The van der Waals surface area contributed by atoms with Crippen LogP contribution < -0.4 is 11.2 Å². The van der Waals surface area contributed by atoms with E-state index in [1.807, 2.05) is 4.98 Å². The molecule has 2 heterocycles. The fourth-order valence-electron chi connectivity index (χ4n) is 1.41. The van der Waals surface area contributed by atoms with Gasteiger partial charge in [0.25, 0.3) is 5.56 Å². The van der Waals surface area contributed by atoms with Crippen LogP contribution in [-0.2, 0) is 4.74 Å². The molecule has 1 aromatic heterocycles. The van der Waals surface area contributed by atoms with Crippen LogP contribution in [0.5, 0.6) is 0 Å². The van der Waals surface area contributed by atoms with Crippen molar-refractivity contribution in [2.24, 2.45) is 0 Å². The molecule has 9 heteroatoms. The normalized spacial score (nSPS) is 24.3. The van der Waals surface area contributed by atoms with Crippen molar-refractivity contribution >= 4 is 0 Å². The summed E-state index contributed by atoms with van der Waals surface area (Å²) in [5, 5.41) is 31.2. The number of ether oxygens (including phenoxy) is 1. The Morgan fingerprint density at radius 2 is 2.12 bits per heavy atom. The molecule has 1 aromatic rings. The molecule has 0 bridgehead atoms. The van der Waals surface area contributed by atoms with Gasteiger partial charge in [-0.1, -0.05) is 0 Å². The lowest BCUT2D eigenvalue weighted by Crippen LogP contribution is -2.35. The molecule has 0 aliphatic carbocycles. The van der Waals surface area contributed by atoms with Crippen LogP contribution in [0.1, 0.15) is 6.23 Å². The number of aliphatic hydroxyl groups excluding tert-OH is 3. The summed E-state index contributed by atoms with van der Waals surface area (Å²) in [6, 6.07) is 0. The van der Waals surface area contributed by atoms with Crippen molar-refractivity contribution in [3.63, 3.8) is 0 Å². The first kappa shape index (κ1) is 11.4. The first-order valence-electron chi connectivity index (χ1n) is 4.61. The third-order valence-electron chi connectivity index (χ3n) is 2.22. The molecule has 0 spiro atoms. The highest BCUT2D eigenvalue weighted by Crippen LogP contribution is 2.29.